The average molecular weight is 438 g/mol. The van der Waals surface area contributed by atoms with Crippen LogP contribution in [0.3, 0.4) is 0 Å². The molecule has 1 amide bonds. The number of hydrogen-bond donors (Lipinski definition) is 0. The summed E-state index contributed by atoms with van der Waals surface area (Å²) in [6.45, 7) is 4.79. The van der Waals surface area contributed by atoms with Crippen molar-refractivity contribution in [2.45, 2.75) is 39.3 Å². The highest BCUT2D eigenvalue weighted by Crippen LogP contribution is 2.35. The number of benzene rings is 3. The molecule has 160 valence electrons. The SMILES string of the molecule is Cc1ccc(-c2cccc(C)c2C(=O)N(Cc2ccccc2)C2Cc3ccccc3C2)s1. The lowest BCUT2D eigenvalue weighted by Crippen LogP contribution is -2.41. The molecule has 0 aliphatic heterocycles. The molecule has 1 aliphatic rings. The number of nitrogens with zero attached hydrogens (tertiary/aromatic N) is 1. The fraction of sp³-hybridized carbons (Fsp3) is 0.207. The summed E-state index contributed by atoms with van der Waals surface area (Å²) in [4.78, 5) is 18.8. The van der Waals surface area contributed by atoms with Gasteiger partial charge in [0.1, 0.15) is 0 Å². The van der Waals surface area contributed by atoms with Gasteiger partial charge in [-0.05, 0) is 61.1 Å². The monoisotopic (exact) mass is 437 g/mol. The van der Waals surface area contributed by atoms with Gasteiger partial charge in [-0.2, -0.15) is 0 Å². The molecular weight excluding hydrogens is 410 g/mol. The third-order valence-corrected chi connectivity index (χ3v) is 7.45. The van der Waals surface area contributed by atoms with Crippen molar-refractivity contribution in [1.82, 2.24) is 4.90 Å². The third-order valence-electron chi connectivity index (χ3n) is 6.42. The lowest BCUT2D eigenvalue weighted by molar-refractivity contribution is 0.0668. The molecule has 0 atom stereocenters. The number of carbonyl (C=O) groups is 1. The van der Waals surface area contributed by atoms with Gasteiger partial charge >= 0.3 is 0 Å². The molecule has 1 aliphatic carbocycles. The van der Waals surface area contributed by atoms with E-state index < -0.39 is 0 Å². The summed E-state index contributed by atoms with van der Waals surface area (Å²) >= 11 is 1.75. The molecule has 4 aromatic rings. The van der Waals surface area contributed by atoms with E-state index in [9.17, 15) is 4.79 Å². The van der Waals surface area contributed by atoms with Crippen molar-refractivity contribution in [1.29, 1.82) is 0 Å². The number of thiophene rings is 1. The first-order valence-corrected chi connectivity index (χ1v) is 12.0. The van der Waals surface area contributed by atoms with Gasteiger partial charge in [0.05, 0.1) is 5.56 Å². The Kier molecular flexibility index (Phi) is 5.67. The Morgan fingerprint density at radius 2 is 1.53 bits per heavy atom. The molecule has 32 heavy (non-hydrogen) atoms. The zero-order valence-corrected chi connectivity index (χ0v) is 19.4. The first-order valence-electron chi connectivity index (χ1n) is 11.2. The topological polar surface area (TPSA) is 20.3 Å². The molecule has 1 heterocycles. The van der Waals surface area contributed by atoms with Gasteiger partial charge in [-0.15, -0.1) is 11.3 Å². The van der Waals surface area contributed by atoms with Crippen molar-refractivity contribution in [3.05, 3.63) is 118 Å². The van der Waals surface area contributed by atoms with E-state index in [1.54, 1.807) is 11.3 Å². The van der Waals surface area contributed by atoms with E-state index >= 15 is 0 Å². The van der Waals surface area contributed by atoms with Gasteiger partial charge in [0.15, 0.2) is 0 Å². The van der Waals surface area contributed by atoms with Gasteiger partial charge in [-0.1, -0.05) is 72.8 Å². The Balaban J connectivity index is 1.56. The predicted octanol–water partition coefficient (Wildman–Crippen LogP) is 6.84. The minimum absolute atomic E-state index is 0.130. The molecule has 0 saturated heterocycles. The highest BCUT2D eigenvalue weighted by molar-refractivity contribution is 7.15. The van der Waals surface area contributed by atoms with Crippen LogP contribution in [0.1, 0.15) is 37.5 Å². The van der Waals surface area contributed by atoms with Gasteiger partial charge in [0, 0.05) is 27.9 Å². The van der Waals surface area contributed by atoms with Crippen LogP contribution in [0.15, 0.2) is 84.9 Å². The van der Waals surface area contributed by atoms with Crippen LogP contribution in [-0.2, 0) is 19.4 Å². The Labute approximate surface area is 194 Å². The molecule has 0 N–H and O–H groups in total. The van der Waals surface area contributed by atoms with Crippen molar-refractivity contribution < 1.29 is 4.79 Å². The third kappa shape index (κ3) is 4.01. The summed E-state index contributed by atoms with van der Waals surface area (Å²) in [5.41, 5.74) is 6.80. The maximum absolute atomic E-state index is 14.2. The molecule has 0 radical (unpaired) electrons. The molecule has 1 aromatic heterocycles. The zero-order chi connectivity index (χ0) is 22.1. The number of hydrogen-bond acceptors (Lipinski definition) is 2. The van der Waals surface area contributed by atoms with Crippen LogP contribution in [0, 0.1) is 13.8 Å². The minimum atomic E-state index is 0.130. The Hall–Kier alpha value is -3.17. The number of amides is 1. The first kappa shape index (κ1) is 20.7. The normalized spacial score (nSPS) is 13.2. The summed E-state index contributed by atoms with van der Waals surface area (Å²) in [7, 11) is 0. The lowest BCUT2D eigenvalue weighted by atomic mass is 9.98. The number of rotatable bonds is 5. The maximum Gasteiger partial charge on any atom is 0.255 e. The fourth-order valence-electron chi connectivity index (χ4n) is 4.78. The average Bonchev–Trinajstić information content (AvgIpc) is 3.43. The summed E-state index contributed by atoms with van der Waals surface area (Å²) in [6.07, 6.45) is 1.82. The molecule has 0 fully saturated rings. The molecular formula is C29H27NOS. The first-order chi connectivity index (χ1) is 15.6. The second kappa shape index (κ2) is 8.76. The van der Waals surface area contributed by atoms with Crippen LogP contribution in [-0.4, -0.2) is 16.8 Å². The molecule has 3 aromatic carbocycles. The van der Waals surface area contributed by atoms with Gasteiger partial charge in [0.2, 0.25) is 0 Å². The molecule has 0 spiro atoms. The highest BCUT2D eigenvalue weighted by atomic mass is 32.1. The Morgan fingerprint density at radius 1 is 0.844 bits per heavy atom. The van der Waals surface area contributed by atoms with E-state index in [4.69, 9.17) is 0 Å². The molecule has 2 nitrogen and oxygen atoms in total. The van der Waals surface area contributed by atoms with Crippen molar-refractivity contribution in [3.8, 4) is 10.4 Å². The fourth-order valence-corrected chi connectivity index (χ4v) is 5.68. The summed E-state index contributed by atoms with van der Waals surface area (Å²) in [5, 5.41) is 0. The predicted molar refractivity (Wildman–Crippen MR) is 133 cm³/mol. The lowest BCUT2D eigenvalue weighted by Gasteiger charge is -2.30. The van der Waals surface area contributed by atoms with Crippen LogP contribution in [0.4, 0.5) is 0 Å². The summed E-state index contributed by atoms with van der Waals surface area (Å²) in [5.74, 6) is 0.130. The number of carbonyl (C=O) groups excluding carboxylic acids is 1. The van der Waals surface area contributed by atoms with E-state index in [-0.39, 0.29) is 11.9 Å². The van der Waals surface area contributed by atoms with Crippen LogP contribution >= 0.6 is 11.3 Å². The quantitative estimate of drug-likeness (QED) is 0.335. The van der Waals surface area contributed by atoms with Crippen LogP contribution in [0.2, 0.25) is 0 Å². The van der Waals surface area contributed by atoms with Crippen molar-refractivity contribution in [2.75, 3.05) is 0 Å². The van der Waals surface area contributed by atoms with Crippen LogP contribution in [0.25, 0.3) is 10.4 Å². The van der Waals surface area contributed by atoms with E-state index in [1.165, 1.54) is 21.6 Å². The number of aryl methyl sites for hydroxylation is 2. The molecule has 5 rings (SSSR count). The van der Waals surface area contributed by atoms with Gasteiger partial charge in [-0.25, -0.2) is 0 Å². The van der Waals surface area contributed by atoms with Crippen LogP contribution in [0.5, 0.6) is 0 Å². The summed E-state index contributed by atoms with van der Waals surface area (Å²) < 4.78 is 0. The Bertz CT molecular complexity index is 1230. The smallest absolute Gasteiger partial charge is 0.255 e. The van der Waals surface area contributed by atoms with E-state index in [0.717, 1.165) is 34.4 Å². The standard InChI is InChI=1S/C29H27NOS/c1-20-9-8-14-26(27-16-15-21(2)32-27)28(20)29(31)30(19-22-10-4-3-5-11-22)25-17-23-12-6-7-13-24(23)18-25/h3-16,25H,17-19H2,1-2H3. The van der Waals surface area contributed by atoms with Crippen molar-refractivity contribution >= 4 is 17.2 Å². The van der Waals surface area contributed by atoms with E-state index in [1.807, 2.05) is 6.07 Å². The molecule has 3 heteroatoms. The van der Waals surface area contributed by atoms with Crippen molar-refractivity contribution in [2.24, 2.45) is 0 Å². The second-order valence-electron chi connectivity index (χ2n) is 8.66. The maximum atomic E-state index is 14.2. The van der Waals surface area contributed by atoms with Gasteiger partial charge < -0.3 is 4.90 Å². The van der Waals surface area contributed by atoms with Gasteiger partial charge in [0.25, 0.3) is 5.91 Å². The molecule has 0 bridgehead atoms. The van der Waals surface area contributed by atoms with E-state index in [2.05, 4.69) is 97.6 Å². The van der Waals surface area contributed by atoms with Crippen molar-refractivity contribution in [3.63, 3.8) is 0 Å². The van der Waals surface area contributed by atoms with E-state index in [0.29, 0.717) is 6.54 Å². The minimum Gasteiger partial charge on any atom is -0.331 e. The molecule has 0 unspecified atom stereocenters. The number of fused-ring (bicyclic) bond motifs is 1. The van der Waals surface area contributed by atoms with Gasteiger partial charge in [-0.3, -0.25) is 4.79 Å². The Morgan fingerprint density at radius 3 is 2.19 bits per heavy atom. The molecule has 0 saturated carbocycles. The van der Waals surface area contributed by atoms with Crippen LogP contribution < -0.4 is 0 Å². The zero-order valence-electron chi connectivity index (χ0n) is 18.5. The second-order valence-corrected chi connectivity index (χ2v) is 9.95. The highest BCUT2D eigenvalue weighted by Gasteiger charge is 2.32. The largest absolute Gasteiger partial charge is 0.331 e. The summed E-state index contributed by atoms with van der Waals surface area (Å²) in [6, 6.07) is 29.6.